The molecule has 10 heteroatoms. The summed E-state index contributed by atoms with van der Waals surface area (Å²) in [6.45, 7) is 0. The molecule has 0 bridgehead atoms. The summed E-state index contributed by atoms with van der Waals surface area (Å²) in [5.41, 5.74) is -3.51. The molecular weight excluding hydrogens is 393 g/mol. The molecule has 1 aliphatic rings. The molecule has 26 heavy (non-hydrogen) atoms. The molecule has 0 saturated carbocycles. The number of amides is 2. The Morgan fingerprint density at radius 1 is 1.23 bits per heavy atom. The lowest BCUT2D eigenvalue weighted by molar-refractivity contribution is -0.287. The zero-order chi connectivity index (χ0) is 19.1. The third kappa shape index (κ3) is 3.17. The van der Waals surface area contributed by atoms with Crippen LogP contribution < -0.4 is 10.6 Å². The molecule has 3 rings (SSSR count). The van der Waals surface area contributed by atoms with Crippen molar-refractivity contribution in [2.45, 2.75) is 17.9 Å². The highest BCUT2D eigenvalue weighted by atomic mass is 35.5. The van der Waals surface area contributed by atoms with Crippen LogP contribution in [0.3, 0.4) is 0 Å². The lowest BCUT2D eigenvalue weighted by Crippen LogP contribution is -2.72. The van der Waals surface area contributed by atoms with Gasteiger partial charge in [-0.2, -0.15) is 13.2 Å². The van der Waals surface area contributed by atoms with E-state index in [1.54, 1.807) is 0 Å². The number of nitrogens with one attached hydrogen (secondary N) is 2. The Morgan fingerprint density at radius 2 is 1.88 bits per heavy atom. The van der Waals surface area contributed by atoms with Gasteiger partial charge in [0.1, 0.15) is 5.92 Å². The Kier molecular flexibility index (Phi) is 4.72. The number of alkyl halides is 3. The minimum atomic E-state index is -5.27. The zero-order valence-electron chi connectivity index (χ0n) is 12.9. The van der Waals surface area contributed by atoms with E-state index in [2.05, 4.69) is 5.32 Å². The highest BCUT2D eigenvalue weighted by molar-refractivity contribution is 7.12. The molecule has 5 nitrogen and oxygen atoms in total. The molecule has 1 aromatic heterocycles. The van der Waals surface area contributed by atoms with Gasteiger partial charge < -0.3 is 15.7 Å². The minimum Gasteiger partial charge on any atom is -0.363 e. The SMILES string of the molecule is O=C1N[C@@H](c2ccc(Cl)cc2)[C@H](C(=O)c2cccs2)[C@](O)(C(F)(F)F)N1. The molecular formula is C16H12ClF3N2O3S. The van der Waals surface area contributed by atoms with E-state index in [0.717, 1.165) is 11.3 Å². The van der Waals surface area contributed by atoms with E-state index < -0.39 is 35.7 Å². The molecule has 2 heterocycles. The van der Waals surface area contributed by atoms with Crippen LogP contribution in [0.1, 0.15) is 21.3 Å². The van der Waals surface area contributed by atoms with Crippen LogP contribution in [0.4, 0.5) is 18.0 Å². The number of hydrogen-bond donors (Lipinski definition) is 3. The van der Waals surface area contributed by atoms with Crippen LogP contribution in [0.2, 0.25) is 5.02 Å². The van der Waals surface area contributed by atoms with E-state index in [1.165, 1.54) is 47.1 Å². The number of thiophene rings is 1. The van der Waals surface area contributed by atoms with Gasteiger partial charge in [-0.25, -0.2) is 4.79 Å². The first-order valence-corrected chi connectivity index (χ1v) is 8.60. The van der Waals surface area contributed by atoms with Crippen molar-refractivity contribution in [2.75, 3.05) is 0 Å². The van der Waals surface area contributed by atoms with Gasteiger partial charge in [0.2, 0.25) is 5.72 Å². The van der Waals surface area contributed by atoms with E-state index in [0.29, 0.717) is 5.02 Å². The average Bonchev–Trinajstić information content (AvgIpc) is 3.08. The summed E-state index contributed by atoms with van der Waals surface area (Å²) in [7, 11) is 0. The van der Waals surface area contributed by atoms with Gasteiger partial charge in [-0.15, -0.1) is 11.3 Å². The van der Waals surface area contributed by atoms with Gasteiger partial charge in [0, 0.05) is 5.02 Å². The summed E-state index contributed by atoms with van der Waals surface area (Å²) in [4.78, 5) is 24.7. The summed E-state index contributed by atoms with van der Waals surface area (Å²) in [6, 6.07) is 5.86. The van der Waals surface area contributed by atoms with E-state index in [1.807, 2.05) is 0 Å². The number of urea groups is 1. The predicted molar refractivity (Wildman–Crippen MR) is 89.0 cm³/mol. The van der Waals surface area contributed by atoms with E-state index in [-0.39, 0.29) is 10.4 Å². The maximum Gasteiger partial charge on any atom is 0.437 e. The van der Waals surface area contributed by atoms with Crippen molar-refractivity contribution in [3.05, 3.63) is 57.2 Å². The number of ketones is 1. The summed E-state index contributed by atoms with van der Waals surface area (Å²) in [6.07, 6.45) is -5.27. The monoisotopic (exact) mass is 404 g/mol. The van der Waals surface area contributed by atoms with Crippen molar-refractivity contribution < 1.29 is 27.9 Å². The standard InChI is InChI=1S/C16H12ClF3N2O3S/c17-9-5-3-8(4-6-9)12-11(13(23)10-2-1-7-26-10)15(25,16(18,19)20)22-14(24)21-12/h1-7,11-12,25H,(H2,21,22,24)/t11-,12+,15+/m1/s1. The predicted octanol–water partition coefficient (Wildman–Crippen LogP) is 3.51. The summed E-state index contributed by atoms with van der Waals surface area (Å²) < 4.78 is 40.9. The Balaban J connectivity index is 2.14. The second-order valence-corrected chi connectivity index (χ2v) is 7.10. The van der Waals surface area contributed by atoms with Crippen LogP contribution in [-0.4, -0.2) is 28.8 Å². The molecule has 0 radical (unpaired) electrons. The Hall–Kier alpha value is -2.10. The van der Waals surface area contributed by atoms with Crippen LogP contribution in [0.5, 0.6) is 0 Å². The summed E-state index contributed by atoms with van der Waals surface area (Å²) in [5, 5.41) is 16.0. The number of carbonyl (C=O) groups excluding carboxylic acids is 2. The maximum absolute atomic E-state index is 13.6. The van der Waals surface area contributed by atoms with E-state index in [9.17, 15) is 27.9 Å². The number of hydrogen-bond acceptors (Lipinski definition) is 4. The number of halogens is 4. The second kappa shape index (κ2) is 6.57. The fraction of sp³-hybridized carbons (Fsp3) is 0.250. The van der Waals surface area contributed by atoms with Crippen molar-refractivity contribution >= 4 is 34.8 Å². The highest BCUT2D eigenvalue weighted by Crippen LogP contribution is 2.44. The average molecular weight is 405 g/mol. The fourth-order valence-electron chi connectivity index (χ4n) is 2.86. The molecule has 3 N–H and O–H groups in total. The number of carbonyl (C=O) groups is 2. The summed E-state index contributed by atoms with van der Waals surface area (Å²) in [5.74, 6) is -2.97. The lowest BCUT2D eigenvalue weighted by atomic mass is 9.78. The van der Waals surface area contributed by atoms with Gasteiger partial charge in [0.25, 0.3) is 0 Å². The van der Waals surface area contributed by atoms with E-state index in [4.69, 9.17) is 11.6 Å². The first-order valence-electron chi connectivity index (χ1n) is 7.34. The number of rotatable bonds is 3. The molecule has 1 saturated heterocycles. The van der Waals surface area contributed by atoms with Crippen LogP contribution >= 0.6 is 22.9 Å². The smallest absolute Gasteiger partial charge is 0.363 e. The Bertz CT molecular complexity index is 826. The van der Waals surface area contributed by atoms with Gasteiger partial charge in [-0.3, -0.25) is 4.79 Å². The van der Waals surface area contributed by atoms with Crippen molar-refractivity contribution in [3.63, 3.8) is 0 Å². The van der Waals surface area contributed by atoms with Crippen LogP contribution in [-0.2, 0) is 0 Å². The second-order valence-electron chi connectivity index (χ2n) is 5.71. The molecule has 1 fully saturated rings. The van der Waals surface area contributed by atoms with Crippen molar-refractivity contribution in [1.29, 1.82) is 0 Å². The zero-order valence-corrected chi connectivity index (χ0v) is 14.5. The molecule has 0 spiro atoms. The number of benzene rings is 1. The first-order chi connectivity index (χ1) is 12.1. The van der Waals surface area contributed by atoms with Gasteiger partial charge >= 0.3 is 12.2 Å². The lowest BCUT2D eigenvalue weighted by Gasteiger charge is -2.44. The third-order valence-electron chi connectivity index (χ3n) is 4.08. The quantitative estimate of drug-likeness (QED) is 0.685. The first kappa shape index (κ1) is 18.7. The van der Waals surface area contributed by atoms with E-state index >= 15 is 0 Å². The number of Topliss-reactive ketones (excluding diaryl/α,β-unsaturated/α-hetero) is 1. The molecule has 2 aromatic rings. The highest BCUT2D eigenvalue weighted by Gasteiger charge is 2.66. The van der Waals surface area contributed by atoms with Crippen LogP contribution in [0.15, 0.2) is 41.8 Å². The molecule has 3 atom stereocenters. The van der Waals surface area contributed by atoms with Gasteiger partial charge in [0.05, 0.1) is 10.9 Å². The van der Waals surface area contributed by atoms with Crippen LogP contribution in [0, 0.1) is 5.92 Å². The van der Waals surface area contributed by atoms with Gasteiger partial charge in [-0.1, -0.05) is 29.8 Å². The number of aliphatic hydroxyl groups is 1. The molecule has 1 aromatic carbocycles. The third-order valence-corrected chi connectivity index (χ3v) is 5.22. The molecule has 138 valence electrons. The van der Waals surface area contributed by atoms with Crippen molar-refractivity contribution in [3.8, 4) is 0 Å². The minimum absolute atomic E-state index is 0.0367. The summed E-state index contributed by atoms with van der Waals surface area (Å²) >= 11 is 6.74. The van der Waals surface area contributed by atoms with Crippen LogP contribution in [0.25, 0.3) is 0 Å². The largest absolute Gasteiger partial charge is 0.437 e. The van der Waals surface area contributed by atoms with Crippen molar-refractivity contribution in [2.24, 2.45) is 5.92 Å². The molecule has 2 amide bonds. The normalized spacial score (nSPS) is 26.1. The van der Waals surface area contributed by atoms with Crippen molar-refractivity contribution in [1.82, 2.24) is 10.6 Å². The maximum atomic E-state index is 13.6. The topological polar surface area (TPSA) is 78.4 Å². The molecule has 0 aliphatic carbocycles. The van der Waals surface area contributed by atoms with Gasteiger partial charge in [0.15, 0.2) is 5.78 Å². The van der Waals surface area contributed by atoms with Gasteiger partial charge in [-0.05, 0) is 29.1 Å². The molecule has 1 aliphatic heterocycles. The Labute approximate surface area is 154 Å². The Morgan fingerprint density at radius 3 is 2.42 bits per heavy atom. The fourth-order valence-corrected chi connectivity index (χ4v) is 3.69. The molecule has 0 unspecified atom stereocenters.